The molecule has 1 fully saturated rings. The van der Waals surface area contributed by atoms with Gasteiger partial charge >= 0.3 is 0 Å². The first-order valence-electron chi connectivity index (χ1n) is 5.79. The Morgan fingerprint density at radius 2 is 2.06 bits per heavy atom. The van der Waals surface area contributed by atoms with Crippen molar-refractivity contribution in [3.05, 3.63) is 41.5 Å². The topological polar surface area (TPSA) is 32.6 Å². The van der Waals surface area contributed by atoms with Crippen LogP contribution in [0.3, 0.4) is 0 Å². The highest BCUT2D eigenvalue weighted by atomic mass is 16.4. The molecule has 1 unspecified atom stereocenters. The summed E-state index contributed by atoms with van der Waals surface area (Å²) < 4.78 is 0. The Morgan fingerprint density at radius 3 is 2.75 bits per heavy atom. The number of hydrogen-bond donors (Lipinski definition) is 1. The lowest BCUT2D eigenvalue weighted by molar-refractivity contribution is 0.313. The summed E-state index contributed by atoms with van der Waals surface area (Å²) in [6, 6.07) is 10.2. The molecular formula is C14H17NO. The molecule has 0 amide bonds. The summed E-state index contributed by atoms with van der Waals surface area (Å²) in [5.41, 5.74) is 3.20. The van der Waals surface area contributed by atoms with Crippen LogP contribution in [-0.4, -0.2) is 10.9 Å². The first-order chi connectivity index (χ1) is 7.81. The second-order valence-electron chi connectivity index (χ2n) is 4.36. The van der Waals surface area contributed by atoms with Crippen molar-refractivity contribution in [1.82, 2.24) is 0 Å². The Morgan fingerprint density at radius 1 is 1.31 bits per heavy atom. The highest BCUT2D eigenvalue weighted by Crippen LogP contribution is 2.27. The van der Waals surface area contributed by atoms with E-state index < -0.39 is 0 Å². The lowest BCUT2D eigenvalue weighted by Gasteiger charge is -2.22. The molecule has 0 bridgehead atoms. The van der Waals surface area contributed by atoms with E-state index in [1.807, 2.05) is 18.2 Å². The summed E-state index contributed by atoms with van der Waals surface area (Å²) in [4.78, 5) is 0. The lowest BCUT2D eigenvalue weighted by atomic mass is 9.84. The van der Waals surface area contributed by atoms with E-state index in [4.69, 9.17) is 5.21 Å². The molecule has 0 aromatic heterocycles. The van der Waals surface area contributed by atoms with Crippen molar-refractivity contribution in [2.45, 2.75) is 26.2 Å². The monoisotopic (exact) mass is 215 g/mol. The Labute approximate surface area is 96.3 Å². The maximum absolute atomic E-state index is 9.06. The van der Waals surface area contributed by atoms with E-state index in [0.29, 0.717) is 5.92 Å². The van der Waals surface area contributed by atoms with Crippen LogP contribution in [0.5, 0.6) is 0 Å². The van der Waals surface area contributed by atoms with Crippen molar-refractivity contribution in [3.8, 4) is 0 Å². The zero-order chi connectivity index (χ0) is 11.4. The van der Waals surface area contributed by atoms with Gasteiger partial charge in [-0.25, -0.2) is 0 Å². The van der Waals surface area contributed by atoms with Gasteiger partial charge in [0.05, 0.1) is 5.71 Å². The highest BCUT2D eigenvalue weighted by Gasteiger charge is 2.21. The molecular weight excluding hydrogens is 198 g/mol. The summed E-state index contributed by atoms with van der Waals surface area (Å²) >= 11 is 0. The molecule has 0 heterocycles. The summed E-state index contributed by atoms with van der Waals surface area (Å²) in [6.07, 6.45) is 5.44. The van der Waals surface area contributed by atoms with E-state index >= 15 is 0 Å². The van der Waals surface area contributed by atoms with E-state index in [-0.39, 0.29) is 0 Å². The molecule has 0 spiro atoms. The third-order valence-electron chi connectivity index (χ3n) is 3.13. The van der Waals surface area contributed by atoms with Crippen LogP contribution in [0.15, 0.2) is 41.1 Å². The molecule has 0 aliphatic heterocycles. The molecule has 1 N–H and O–H groups in total. The Hall–Kier alpha value is -1.57. The largest absolute Gasteiger partial charge is 0.411 e. The van der Waals surface area contributed by atoms with Gasteiger partial charge in [0.15, 0.2) is 0 Å². The quantitative estimate of drug-likeness (QED) is 0.562. The van der Waals surface area contributed by atoms with Crippen LogP contribution in [0.25, 0.3) is 6.08 Å². The zero-order valence-corrected chi connectivity index (χ0v) is 9.56. The molecule has 0 radical (unpaired) electrons. The number of allylic oxidation sites excluding steroid dienone is 1. The molecule has 0 saturated heterocycles. The summed E-state index contributed by atoms with van der Waals surface area (Å²) in [5, 5.41) is 12.5. The SMILES string of the molecule is CC1CCCC(=C\c2ccccc2)/C1=N/O. The molecule has 1 atom stereocenters. The number of nitrogens with zero attached hydrogens (tertiary/aromatic N) is 1. The molecule has 1 saturated carbocycles. The van der Waals surface area contributed by atoms with Crippen molar-refractivity contribution in [2.24, 2.45) is 11.1 Å². The molecule has 2 rings (SSSR count). The summed E-state index contributed by atoms with van der Waals surface area (Å²) in [5.74, 6) is 0.369. The third kappa shape index (κ3) is 2.32. The first-order valence-corrected chi connectivity index (χ1v) is 5.79. The third-order valence-corrected chi connectivity index (χ3v) is 3.13. The number of hydrogen-bond acceptors (Lipinski definition) is 2. The summed E-state index contributed by atoms with van der Waals surface area (Å²) in [7, 11) is 0. The molecule has 2 heteroatoms. The van der Waals surface area contributed by atoms with Gasteiger partial charge in [0, 0.05) is 5.92 Å². The smallest absolute Gasteiger partial charge is 0.0855 e. The van der Waals surface area contributed by atoms with E-state index in [2.05, 4.69) is 30.3 Å². The molecule has 1 aromatic carbocycles. The van der Waals surface area contributed by atoms with Gasteiger partial charge in [0.25, 0.3) is 0 Å². The van der Waals surface area contributed by atoms with Crippen molar-refractivity contribution in [3.63, 3.8) is 0 Å². The maximum Gasteiger partial charge on any atom is 0.0855 e. The summed E-state index contributed by atoms with van der Waals surface area (Å²) in [6.45, 7) is 2.12. The number of benzene rings is 1. The minimum absolute atomic E-state index is 0.369. The standard InChI is InChI=1S/C14H17NO/c1-11-6-5-9-13(14(11)15-16)10-12-7-3-2-4-8-12/h2-4,7-8,10-11,16H,5-6,9H2,1H3/b13-10+,15-14+. The van der Waals surface area contributed by atoms with Crippen molar-refractivity contribution in [1.29, 1.82) is 0 Å². The Balaban J connectivity index is 2.29. The first kappa shape index (κ1) is 10.9. The van der Waals surface area contributed by atoms with E-state index in [0.717, 1.165) is 18.6 Å². The average Bonchev–Trinajstić information content (AvgIpc) is 2.31. The highest BCUT2D eigenvalue weighted by molar-refractivity contribution is 6.05. The minimum Gasteiger partial charge on any atom is -0.411 e. The molecule has 16 heavy (non-hydrogen) atoms. The fourth-order valence-electron chi connectivity index (χ4n) is 2.24. The second-order valence-corrected chi connectivity index (χ2v) is 4.36. The predicted octanol–water partition coefficient (Wildman–Crippen LogP) is 3.72. The van der Waals surface area contributed by atoms with Crippen LogP contribution < -0.4 is 0 Å². The van der Waals surface area contributed by atoms with E-state index in [9.17, 15) is 0 Å². The average molecular weight is 215 g/mol. The molecule has 1 aliphatic rings. The van der Waals surface area contributed by atoms with E-state index in [1.54, 1.807) is 0 Å². The van der Waals surface area contributed by atoms with E-state index in [1.165, 1.54) is 17.6 Å². The van der Waals surface area contributed by atoms with Gasteiger partial charge in [-0.2, -0.15) is 0 Å². The fourth-order valence-corrected chi connectivity index (χ4v) is 2.24. The maximum atomic E-state index is 9.06. The predicted molar refractivity (Wildman–Crippen MR) is 66.7 cm³/mol. The van der Waals surface area contributed by atoms with Crippen LogP contribution in [0.1, 0.15) is 31.7 Å². The van der Waals surface area contributed by atoms with Crippen LogP contribution in [0.2, 0.25) is 0 Å². The fraction of sp³-hybridized carbons (Fsp3) is 0.357. The van der Waals surface area contributed by atoms with Crippen LogP contribution in [-0.2, 0) is 0 Å². The van der Waals surface area contributed by atoms with Gasteiger partial charge in [-0.05, 0) is 36.5 Å². The lowest BCUT2D eigenvalue weighted by Crippen LogP contribution is -2.19. The zero-order valence-electron chi connectivity index (χ0n) is 9.56. The molecule has 2 nitrogen and oxygen atoms in total. The number of oxime groups is 1. The second kappa shape index (κ2) is 4.97. The Bertz CT molecular complexity index is 406. The Kier molecular flexibility index (Phi) is 3.40. The van der Waals surface area contributed by atoms with Crippen LogP contribution in [0.4, 0.5) is 0 Å². The van der Waals surface area contributed by atoms with Gasteiger partial charge < -0.3 is 5.21 Å². The van der Waals surface area contributed by atoms with Crippen LogP contribution >= 0.6 is 0 Å². The van der Waals surface area contributed by atoms with Gasteiger partial charge in [0.1, 0.15) is 0 Å². The normalized spacial score (nSPS) is 26.2. The van der Waals surface area contributed by atoms with Gasteiger partial charge in [-0.3, -0.25) is 0 Å². The molecule has 1 aliphatic carbocycles. The van der Waals surface area contributed by atoms with Gasteiger partial charge in [0.2, 0.25) is 0 Å². The van der Waals surface area contributed by atoms with Gasteiger partial charge in [-0.15, -0.1) is 0 Å². The van der Waals surface area contributed by atoms with Gasteiger partial charge in [-0.1, -0.05) is 42.4 Å². The molecule has 1 aromatic rings. The van der Waals surface area contributed by atoms with Crippen LogP contribution in [0, 0.1) is 5.92 Å². The van der Waals surface area contributed by atoms with Crippen molar-refractivity contribution >= 4 is 11.8 Å². The number of rotatable bonds is 1. The molecule has 84 valence electrons. The van der Waals surface area contributed by atoms with Crippen molar-refractivity contribution in [2.75, 3.05) is 0 Å². The van der Waals surface area contributed by atoms with Crippen molar-refractivity contribution < 1.29 is 5.21 Å². The minimum atomic E-state index is 0.369.